The highest BCUT2D eigenvalue weighted by atomic mass is 35.5. The molecular formula is C20H18ClN5O. The van der Waals surface area contributed by atoms with Crippen molar-refractivity contribution in [1.82, 2.24) is 20.0 Å². The van der Waals surface area contributed by atoms with Gasteiger partial charge in [-0.15, -0.1) is 0 Å². The summed E-state index contributed by atoms with van der Waals surface area (Å²) in [7, 11) is 0. The highest BCUT2D eigenvalue weighted by Crippen LogP contribution is 2.21. The highest BCUT2D eigenvalue weighted by Gasteiger charge is 2.12. The van der Waals surface area contributed by atoms with Crippen molar-refractivity contribution in [1.29, 1.82) is 5.26 Å². The molecule has 136 valence electrons. The molecule has 0 aliphatic heterocycles. The van der Waals surface area contributed by atoms with Gasteiger partial charge in [0.1, 0.15) is 11.6 Å². The van der Waals surface area contributed by atoms with Crippen LogP contribution < -0.4 is 5.56 Å². The van der Waals surface area contributed by atoms with E-state index in [0.717, 1.165) is 22.5 Å². The molecule has 3 rings (SSSR count). The van der Waals surface area contributed by atoms with Crippen molar-refractivity contribution in [3.05, 3.63) is 79.0 Å². The number of aryl methyl sites for hydroxylation is 1. The molecule has 27 heavy (non-hydrogen) atoms. The zero-order valence-corrected chi connectivity index (χ0v) is 16.0. The molecule has 0 amide bonds. The first kappa shape index (κ1) is 18.6. The number of H-pyrrole nitrogens is 1. The van der Waals surface area contributed by atoms with Gasteiger partial charge in [-0.3, -0.25) is 9.48 Å². The molecule has 7 heteroatoms. The SMILES string of the molecule is Cc1nn(Cc2ccccc2Cl)c(C)c1/C=C/c1n[nH]c(=O)c(C#N)c1C. The molecular weight excluding hydrogens is 362 g/mol. The van der Waals surface area contributed by atoms with E-state index < -0.39 is 5.56 Å². The van der Waals surface area contributed by atoms with E-state index in [0.29, 0.717) is 22.8 Å². The topological polar surface area (TPSA) is 87.4 Å². The molecule has 3 aromatic rings. The summed E-state index contributed by atoms with van der Waals surface area (Å²) >= 11 is 6.25. The van der Waals surface area contributed by atoms with Gasteiger partial charge in [0.15, 0.2) is 0 Å². The molecule has 0 aliphatic carbocycles. The molecule has 0 aliphatic rings. The Morgan fingerprint density at radius 3 is 2.70 bits per heavy atom. The summed E-state index contributed by atoms with van der Waals surface area (Å²) in [6.45, 7) is 6.21. The maximum Gasteiger partial charge on any atom is 0.282 e. The van der Waals surface area contributed by atoms with Gasteiger partial charge in [-0.25, -0.2) is 5.10 Å². The molecule has 0 radical (unpaired) electrons. The molecule has 2 aromatic heterocycles. The summed E-state index contributed by atoms with van der Waals surface area (Å²) in [5.74, 6) is 0. The van der Waals surface area contributed by atoms with Gasteiger partial charge < -0.3 is 0 Å². The predicted molar refractivity (Wildman–Crippen MR) is 105 cm³/mol. The lowest BCUT2D eigenvalue weighted by atomic mass is 10.1. The van der Waals surface area contributed by atoms with E-state index in [-0.39, 0.29) is 5.56 Å². The van der Waals surface area contributed by atoms with Crippen molar-refractivity contribution < 1.29 is 0 Å². The summed E-state index contributed by atoms with van der Waals surface area (Å²) in [5, 5.41) is 20.8. The second kappa shape index (κ2) is 7.60. The molecule has 0 saturated carbocycles. The molecule has 1 N–H and O–H groups in total. The van der Waals surface area contributed by atoms with Gasteiger partial charge in [-0.1, -0.05) is 29.8 Å². The second-order valence-corrected chi connectivity index (χ2v) is 6.62. The third kappa shape index (κ3) is 3.69. The summed E-state index contributed by atoms with van der Waals surface area (Å²) in [5.41, 5.74) is 4.52. The highest BCUT2D eigenvalue weighted by molar-refractivity contribution is 6.31. The number of hydrogen-bond acceptors (Lipinski definition) is 4. The second-order valence-electron chi connectivity index (χ2n) is 6.22. The van der Waals surface area contributed by atoms with Crippen molar-refractivity contribution >= 4 is 23.8 Å². The first-order chi connectivity index (χ1) is 12.9. The number of rotatable bonds is 4. The predicted octanol–water partition coefficient (Wildman–Crippen LogP) is 3.64. The van der Waals surface area contributed by atoms with Crippen LogP contribution in [-0.2, 0) is 6.54 Å². The standard InChI is InChI=1S/C20H18ClN5O/c1-12-17(10-22)20(27)24-23-19(12)9-8-16-13(2)25-26(14(16)3)11-15-6-4-5-7-18(15)21/h4-9H,11H2,1-3H3,(H,24,27)/b9-8+. The molecule has 0 atom stereocenters. The van der Waals surface area contributed by atoms with Crippen LogP contribution in [0.25, 0.3) is 12.2 Å². The number of aromatic nitrogens is 4. The van der Waals surface area contributed by atoms with Crippen LogP contribution in [0.3, 0.4) is 0 Å². The van der Waals surface area contributed by atoms with Gasteiger partial charge in [-0.05, 0) is 50.1 Å². The fraction of sp³-hybridized carbons (Fsp3) is 0.200. The quantitative estimate of drug-likeness (QED) is 0.749. The van der Waals surface area contributed by atoms with Crippen molar-refractivity contribution in [2.24, 2.45) is 0 Å². The number of hydrogen-bond donors (Lipinski definition) is 1. The lowest BCUT2D eigenvalue weighted by molar-refractivity contribution is 0.659. The van der Waals surface area contributed by atoms with Gasteiger partial charge >= 0.3 is 0 Å². The molecule has 0 bridgehead atoms. The smallest absolute Gasteiger partial charge is 0.267 e. The van der Waals surface area contributed by atoms with Crippen molar-refractivity contribution in [3.63, 3.8) is 0 Å². The molecule has 2 heterocycles. The minimum atomic E-state index is -0.480. The Morgan fingerprint density at radius 2 is 2.00 bits per heavy atom. The van der Waals surface area contributed by atoms with Gasteiger partial charge in [0, 0.05) is 16.3 Å². The Morgan fingerprint density at radius 1 is 1.26 bits per heavy atom. The van der Waals surface area contributed by atoms with Gasteiger partial charge in [0.05, 0.1) is 17.9 Å². The average molecular weight is 380 g/mol. The van der Waals surface area contributed by atoms with Crippen molar-refractivity contribution in [2.75, 3.05) is 0 Å². The fourth-order valence-corrected chi connectivity index (χ4v) is 3.10. The van der Waals surface area contributed by atoms with Crippen LogP contribution in [0.1, 0.15) is 39.3 Å². The van der Waals surface area contributed by atoms with E-state index >= 15 is 0 Å². The monoisotopic (exact) mass is 379 g/mol. The zero-order chi connectivity index (χ0) is 19.6. The van der Waals surface area contributed by atoms with Crippen LogP contribution in [-0.4, -0.2) is 20.0 Å². The lowest BCUT2D eigenvalue weighted by Crippen LogP contribution is -2.15. The minimum absolute atomic E-state index is 0.0764. The van der Waals surface area contributed by atoms with Crippen LogP contribution in [0, 0.1) is 32.1 Å². The third-order valence-electron chi connectivity index (χ3n) is 4.50. The van der Waals surface area contributed by atoms with Crippen molar-refractivity contribution in [2.45, 2.75) is 27.3 Å². The van der Waals surface area contributed by atoms with Crippen LogP contribution in [0.4, 0.5) is 0 Å². The zero-order valence-electron chi connectivity index (χ0n) is 15.2. The number of aromatic amines is 1. The van der Waals surface area contributed by atoms with Gasteiger partial charge in [-0.2, -0.15) is 15.5 Å². The summed E-state index contributed by atoms with van der Waals surface area (Å²) in [6, 6.07) is 9.60. The van der Waals surface area contributed by atoms with Crippen LogP contribution in [0.15, 0.2) is 29.1 Å². The van der Waals surface area contributed by atoms with E-state index in [9.17, 15) is 4.79 Å². The molecule has 0 saturated heterocycles. The maximum atomic E-state index is 11.6. The summed E-state index contributed by atoms with van der Waals surface area (Å²) in [4.78, 5) is 11.6. The van der Waals surface area contributed by atoms with Crippen LogP contribution in [0.2, 0.25) is 5.02 Å². The van der Waals surface area contributed by atoms with Crippen LogP contribution in [0.5, 0.6) is 0 Å². The largest absolute Gasteiger partial charge is 0.282 e. The van der Waals surface area contributed by atoms with Crippen LogP contribution >= 0.6 is 11.6 Å². The molecule has 0 fully saturated rings. The maximum absolute atomic E-state index is 11.6. The van der Waals surface area contributed by atoms with E-state index in [2.05, 4.69) is 15.3 Å². The molecule has 0 unspecified atom stereocenters. The van der Waals surface area contributed by atoms with Gasteiger partial charge in [0.25, 0.3) is 5.56 Å². The van der Waals surface area contributed by atoms with Crippen molar-refractivity contribution in [3.8, 4) is 6.07 Å². The Hall–Kier alpha value is -3.17. The number of nitriles is 1. The third-order valence-corrected chi connectivity index (χ3v) is 4.87. The number of benzene rings is 1. The first-order valence-electron chi connectivity index (χ1n) is 8.37. The minimum Gasteiger partial charge on any atom is -0.267 e. The number of halogens is 1. The molecule has 0 spiro atoms. The first-order valence-corrected chi connectivity index (χ1v) is 8.75. The Kier molecular flexibility index (Phi) is 5.24. The average Bonchev–Trinajstić information content (AvgIpc) is 2.90. The lowest BCUT2D eigenvalue weighted by Gasteiger charge is -2.06. The molecule has 6 nitrogen and oxygen atoms in total. The number of nitrogens with zero attached hydrogens (tertiary/aromatic N) is 4. The molecule has 1 aromatic carbocycles. The Labute approximate surface area is 161 Å². The Balaban J connectivity index is 1.94. The van der Waals surface area contributed by atoms with E-state index in [1.54, 1.807) is 13.0 Å². The van der Waals surface area contributed by atoms with E-state index in [4.69, 9.17) is 16.9 Å². The Bertz CT molecular complexity index is 1130. The van der Waals surface area contributed by atoms with E-state index in [1.165, 1.54) is 0 Å². The normalized spacial score (nSPS) is 11.1. The summed E-state index contributed by atoms with van der Waals surface area (Å²) < 4.78 is 1.91. The fourth-order valence-electron chi connectivity index (χ4n) is 2.90. The number of nitrogens with one attached hydrogen (secondary N) is 1. The van der Waals surface area contributed by atoms with Gasteiger partial charge in [0.2, 0.25) is 0 Å². The summed E-state index contributed by atoms with van der Waals surface area (Å²) in [6.07, 6.45) is 3.68. The van der Waals surface area contributed by atoms with E-state index in [1.807, 2.05) is 54.9 Å².